The summed E-state index contributed by atoms with van der Waals surface area (Å²) in [5, 5.41) is 10.6. The average Bonchev–Trinajstić information content (AvgIpc) is 2.87. The van der Waals surface area contributed by atoms with Crippen molar-refractivity contribution < 1.29 is 4.79 Å². The maximum Gasteiger partial charge on any atom is 0.251 e. The number of hydrogen-bond donors (Lipinski definition) is 2. The second-order valence-electron chi connectivity index (χ2n) is 5.15. The number of nitrogens with one attached hydrogen (secondary N) is 2. The number of carbonyl (C=O) groups is 1. The Labute approximate surface area is 123 Å². The minimum absolute atomic E-state index is 0.0463. The third kappa shape index (κ3) is 2.25. The van der Waals surface area contributed by atoms with Crippen LogP contribution < -0.4 is 10.6 Å². The van der Waals surface area contributed by atoms with Crippen molar-refractivity contribution in [2.45, 2.75) is 19.4 Å². The predicted octanol–water partition coefficient (Wildman–Crippen LogP) is 2.65. The highest BCUT2D eigenvalue weighted by molar-refractivity contribution is 7.08. The SMILES string of the molecule is CNC(c1ccc2c(c1)C(=O)NCC2)c1cscc1C. The van der Waals surface area contributed by atoms with Crippen LogP contribution in [-0.2, 0) is 6.42 Å². The van der Waals surface area contributed by atoms with Gasteiger partial charge >= 0.3 is 0 Å². The number of hydrogen-bond acceptors (Lipinski definition) is 3. The summed E-state index contributed by atoms with van der Waals surface area (Å²) in [4.78, 5) is 12.0. The molecule has 20 heavy (non-hydrogen) atoms. The lowest BCUT2D eigenvalue weighted by atomic mass is 9.92. The van der Waals surface area contributed by atoms with E-state index in [-0.39, 0.29) is 11.9 Å². The Kier molecular flexibility index (Phi) is 3.59. The van der Waals surface area contributed by atoms with E-state index in [9.17, 15) is 4.79 Å². The fourth-order valence-corrected chi connectivity index (χ4v) is 3.65. The van der Waals surface area contributed by atoms with E-state index in [0.29, 0.717) is 0 Å². The summed E-state index contributed by atoms with van der Waals surface area (Å²) >= 11 is 1.71. The molecule has 3 rings (SSSR count). The van der Waals surface area contributed by atoms with E-state index in [0.717, 1.165) is 29.7 Å². The molecule has 0 radical (unpaired) electrons. The van der Waals surface area contributed by atoms with Gasteiger partial charge in [-0.05, 0) is 59.5 Å². The van der Waals surface area contributed by atoms with E-state index in [1.807, 2.05) is 13.1 Å². The molecular weight excluding hydrogens is 268 g/mol. The summed E-state index contributed by atoms with van der Waals surface area (Å²) in [6.07, 6.45) is 0.920. The quantitative estimate of drug-likeness (QED) is 0.911. The zero-order valence-corrected chi connectivity index (χ0v) is 12.5. The van der Waals surface area contributed by atoms with Gasteiger partial charge in [-0.3, -0.25) is 4.79 Å². The minimum atomic E-state index is 0.0463. The Bertz CT molecular complexity index is 648. The van der Waals surface area contributed by atoms with Crippen LogP contribution in [0.4, 0.5) is 0 Å². The third-order valence-electron chi connectivity index (χ3n) is 3.89. The Balaban J connectivity index is 2.03. The molecule has 2 aromatic rings. The van der Waals surface area contributed by atoms with E-state index in [1.165, 1.54) is 11.1 Å². The van der Waals surface area contributed by atoms with Crippen LogP contribution in [0.2, 0.25) is 0 Å². The smallest absolute Gasteiger partial charge is 0.251 e. The van der Waals surface area contributed by atoms with Crippen LogP contribution in [0, 0.1) is 6.92 Å². The highest BCUT2D eigenvalue weighted by Crippen LogP contribution is 2.29. The van der Waals surface area contributed by atoms with Crippen molar-refractivity contribution in [1.29, 1.82) is 0 Å². The van der Waals surface area contributed by atoms with Crippen molar-refractivity contribution in [3.63, 3.8) is 0 Å². The molecule has 3 nitrogen and oxygen atoms in total. The highest BCUT2D eigenvalue weighted by Gasteiger charge is 2.20. The largest absolute Gasteiger partial charge is 0.352 e. The van der Waals surface area contributed by atoms with E-state index >= 15 is 0 Å². The van der Waals surface area contributed by atoms with Gasteiger partial charge in [-0.15, -0.1) is 0 Å². The van der Waals surface area contributed by atoms with E-state index < -0.39 is 0 Å². The number of carbonyl (C=O) groups excluding carboxylic acids is 1. The van der Waals surface area contributed by atoms with Crippen LogP contribution in [0.15, 0.2) is 29.0 Å². The molecule has 1 aromatic heterocycles. The van der Waals surface area contributed by atoms with Gasteiger partial charge in [0.05, 0.1) is 6.04 Å². The third-order valence-corrected chi connectivity index (χ3v) is 4.77. The number of benzene rings is 1. The molecule has 0 saturated heterocycles. The van der Waals surface area contributed by atoms with Gasteiger partial charge in [-0.2, -0.15) is 11.3 Å². The summed E-state index contributed by atoms with van der Waals surface area (Å²) in [5.74, 6) is 0.0463. The van der Waals surface area contributed by atoms with E-state index in [2.05, 4.69) is 40.5 Å². The van der Waals surface area contributed by atoms with Gasteiger partial charge in [0.1, 0.15) is 0 Å². The van der Waals surface area contributed by atoms with Crippen molar-refractivity contribution in [1.82, 2.24) is 10.6 Å². The molecule has 1 aromatic carbocycles. The summed E-state index contributed by atoms with van der Waals surface area (Å²) in [5.41, 5.74) is 5.69. The summed E-state index contributed by atoms with van der Waals surface area (Å²) < 4.78 is 0. The van der Waals surface area contributed by atoms with Gasteiger partial charge in [-0.25, -0.2) is 0 Å². The second kappa shape index (κ2) is 5.38. The van der Waals surface area contributed by atoms with E-state index in [4.69, 9.17) is 0 Å². The molecule has 1 amide bonds. The molecule has 4 heteroatoms. The first-order chi connectivity index (χ1) is 9.70. The van der Waals surface area contributed by atoms with Crippen molar-refractivity contribution in [3.05, 3.63) is 56.8 Å². The molecule has 2 N–H and O–H groups in total. The maximum absolute atomic E-state index is 12.0. The predicted molar refractivity (Wildman–Crippen MR) is 82.4 cm³/mol. The van der Waals surface area contributed by atoms with Crippen molar-refractivity contribution >= 4 is 17.2 Å². The van der Waals surface area contributed by atoms with Crippen molar-refractivity contribution in [2.24, 2.45) is 0 Å². The number of rotatable bonds is 3. The van der Waals surface area contributed by atoms with Crippen LogP contribution >= 0.6 is 11.3 Å². The average molecular weight is 286 g/mol. The first kappa shape index (κ1) is 13.3. The molecule has 1 unspecified atom stereocenters. The standard InChI is InChI=1S/C16H18N2OS/c1-10-8-20-9-14(10)15(17-2)12-4-3-11-5-6-18-16(19)13(11)7-12/h3-4,7-9,15,17H,5-6H2,1-2H3,(H,18,19). The Morgan fingerprint density at radius 1 is 1.35 bits per heavy atom. The maximum atomic E-state index is 12.0. The molecule has 1 aliphatic heterocycles. The molecule has 1 atom stereocenters. The number of amides is 1. The Morgan fingerprint density at radius 2 is 2.20 bits per heavy atom. The Hall–Kier alpha value is -1.65. The van der Waals surface area contributed by atoms with Crippen LogP contribution in [0.25, 0.3) is 0 Å². The topological polar surface area (TPSA) is 41.1 Å². The van der Waals surface area contributed by atoms with Crippen LogP contribution in [0.1, 0.15) is 38.7 Å². The second-order valence-corrected chi connectivity index (χ2v) is 5.90. The summed E-state index contributed by atoms with van der Waals surface area (Å²) in [7, 11) is 1.96. The van der Waals surface area contributed by atoms with Gasteiger partial charge in [0, 0.05) is 12.1 Å². The van der Waals surface area contributed by atoms with Crippen molar-refractivity contribution in [3.8, 4) is 0 Å². The summed E-state index contributed by atoms with van der Waals surface area (Å²) in [6.45, 7) is 2.87. The van der Waals surface area contributed by atoms with Gasteiger partial charge in [0.15, 0.2) is 0 Å². The van der Waals surface area contributed by atoms with Gasteiger partial charge in [0.2, 0.25) is 0 Å². The first-order valence-electron chi connectivity index (χ1n) is 6.81. The normalized spacial score (nSPS) is 15.6. The lowest BCUT2D eigenvalue weighted by Crippen LogP contribution is -2.32. The van der Waals surface area contributed by atoms with Gasteiger partial charge < -0.3 is 10.6 Å². The molecule has 104 valence electrons. The first-order valence-corrected chi connectivity index (χ1v) is 7.76. The van der Waals surface area contributed by atoms with Crippen LogP contribution in [0.3, 0.4) is 0 Å². The zero-order valence-electron chi connectivity index (χ0n) is 11.7. The number of aryl methyl sites for hydroxylation is 1. The van der Waals surface area contributed by atoms with Crippen LogP contribution in [-0.4, -0.2) is 19.5 Å². The lowest BCUT2D eigenvalue weighted by molar-refractivity contribution is 0.0946. The molecule has 0 aliphatic carbocycles. The Morgan fingerprint density at radius 3 is 2.90 bits per heavy atom. The number of thiophene rings is 1. The molecule has 0 saturated carbocycles. The fourth-order valence-electron chi connectivity index (χ4n) is 2.78. The zero-order chi connectivity index (χ0) is 14.1. The van der Waals surface area contributed by atoms with Crippen molar-refractivity contribution in [2.75, 3.05) is 13.6 Å². The van der Waals surface area contributed by atoms with Gasteiger partial charge in [0.25, 0.3) is 5.91 Å². The fraction of sp³-hybridized carbons (Fsp3) is 0.312. The minimum Gasteiger partial charge on any atom is -0.352 e. The molecule has 1 aliphatic rings. The molecular formula is C16H18N2OS. The summed E-state index contributed by atoms with van der Waals surface area (Å²) in [6, 6.07) is 6.40. The van der Waals surface area contributed by atoms with Crippen LogP contribution in [0.5, 0.6) is 0 Å². The molecule has 0 fully saturated rings. The van der Waals surface area contributed by atoms with E-state index in [1.54, 1.807) is 11.3 Å². The molecule has 2 heterocycles. The monoisotopic (exact) mass is 286 g/mol. The number of fused-ring (bicyclic) bond motifs is 1. The molecule has 0 bridgehead atoms. The lowest BCUT2D eigenvalue weighted by Gasteiger charge is -2.21. The highest BCUT2D eigenvalue weighted by atomic mass is 32.1. The molecule has 0 spiro atoms. The van der Waals surface area contributed by atoms with Gasteiger partial charge in [-0.1, -0.05) is 12.1 Å².